The fraction of sp³-hybridized carbons (Fsp3) is 0.462. The second-order valence-corrected chi connectivity index (χ2v) is 5.02. The fourth-order valence-electron chi connectivity index (χ4n) is 1.62. The van der Waals surface area contributed by atoms with Crippen LogP contribution in [0.1, 0.15) is 30.6 Å². The van der Waals surface area contributed by atoms with Crippen molar-refractivity contribution in [2.45, 2.75) is 20.3 Å². The minimum absolute atomic E-state index is 0.161. The number of benzene rings is 1. The summed E-state index contributed by atoms with van der Waals surface area (Å²) < 4.78 is 13.4. The van der Waals surface area contributed by atoms with E-state index in [0.717, 1.165) is 12.5 Å². The molecule has 0 radical (unpaired) electrons. The first-order valence-electron chi connectivity index (χ1n) is 5.83. The molecule has 0 saturated carbocycles. The van der Waals surface area contributed by atoms with Crippen molar-refractivity contribution in [3.05, 3.63) is 29.6 Å². The molecule has 0 aliphatic heterocycles. The highest BCUT2D eigenvalue weighted by atomic mass is 19.1. The van der Waals surface area contributed by atoms with Crippen LogP contribution in [-0.4, -0.2) is 24.1 Å². The van der Waals surface area contributed by atoms with Gasteiger partial charge in [0, 0.05) is 6.54 Å². The van der Waals surface area contributed by atoms with Crippen LogP contribution in [0.3, 0.4) is 0 Å². The average Bonchev–Trinajstić information content (AvgIpc) is 2.26. The van der Waals surface area contributed by atoms with Crippen molar-refractivity contribution in [1.29, 1.82) is 0 Å². The van der Waals surface area contributed by atoms with E-state index in [4.69, 9.17) is 5.73 Å². The first kappa shape index (κ1) is 14.4. The second-order valence-electron chi connectivity index (χ2n) is 5.02. The molecule has 4 nitrogen and oxygen atoms in total. The Morgan fingerprint density at radius 3 is 2.72 bits per heavy atom. The van der Waals surface area contributed by atoms with Crippen molar-refractivity contribution in [3.8, 4) is 5.75 Å². The van der Waals surface area contributed by atoms with Crippen molar-refractivity contribution in [2.24, 2.45) is 11.1 Å². The highest BCUT2D eigenvalue weighted by molar-refractivity contribution is 5.97. The Kier molecular flexibility index (Phi) is 4.67. The van der Waals surface area contributed by atoms with Gasteiger partial charge in [0.05, 0.1) is 0 Å². The van der Waals surface area contributed by atoms with Gasteiger partial charge in [-0.15, -0.1) is 0 Å². The summed E-state index contributed by atoms with van der Waals surface area (Å²) >= 11 is 0. The maximum atomic E-state index is 13.4. The van der Waals surface area contributed by atoms with Gasteiger partial charge >= 0.3 is 0 Å². The van der Waals surface area contributed by atoms with E-state index >= 15 is 0 Å². The largest absolute Gasteiger partial charge is 0.507 e. The maximum Gasteiger partial charge on any atom is 0.258 e. The SMILES string of the molecule is CC(C)(CCN)CNC(=O)c1c(O)cccc1F. The fourth-order valence-corrected chi connectivity index (χ4v) is 1.62. The smallest absolute Gasteiger partial charge is 0.258 e. The first-order valence-corrected chi connectivity index (χ1v) is 5.83. The molecule has 1 amide bonds. The zero-order chi connectivity index (χ0) is 13.8. The highest BCUT2D eigenvalue weighted by Gasteiger charge is 2.21. The van der Waals surface area contributed by atoms with Gasteiger partial charge in [-0.25, -0.2) is 4.39 Å². The zero-order valence-corrected chi connectivity index (χ0v) is 10.7. The van der Waals surface area contributed by atoms with Crippen LogP contribution >= 0.6 is 0 Å². The van der Waals surface area contributed by atoms with E-state index in [-0.39, 0.29) is 16.7 Å². The molecule has 1 rings (SSSR count). The Hall–Kier alpha value is -1.62. The highest BCUT2D eigenvalue weighted by Crippen LogP contribution is 2.21. The van der Waals surface area contributed by atoms with Crippen LogP contribution in [0.4, 0.5) is 4.39 Å². The third-order valence-electron chi connectivity index (χ3n) is 2.77. The minimum Gasteiger partial charge on any atom is -0.507 e. The van der Waals surface area contributed by atoms with Crippen molar-refractivity contribution in [1.82, 2.24) is 5.32 Å². The summed E-state index contributed by atoms with van der Waals surface area (Å²) in [5.74, 6) is -1.70. The number of phenols is 1. The van der Waals surface area contributed by atoms with E-state index in [1.54, 1.807) is 0 Å². The van der Waals surface area contributed by atoms with E-state index < -0.39 is 11.7 Å². The van der Waals surface area contributed by atoms with E-state index in [0.29, 0.717) is 13.1 Å². The molecule has 0 spiro atoms. The summed E-state index contributed by atoms with van der Waals surface area (Å²) in [4.78, 5) is 11.8. The molecule has 18 heavy (non-hydrogen) atoms. The zero-order valence-electron chi connectivity index (χ0n) is 10.7. The third kappa shape index (κ3) is 3.70. The van der Waals surface area contributed by atoms with Crippen LogP contribution in [0.15, 0.2) is 18.2 Å². The summed E-state index contributed by atoms with van der Waals surface area (Å²) in [5.41, 5.74) is 4.99. The normalized spacial score (nSPS) is 11.3. The maximum absolute atomic E-state index is 13.4. The number of amides is 1. The number of rotatable bonds is 5. The number of carbonyl (C=O) groups excluding carboxylic acids is 1. The molecule has 0 fully saturated rings. The Bertz CT molecular complexity index is 413. The molecule has 1 aromatic carbocycles. The number of aromatic hydroxyl groups is 1. The molecular weight excluding hydrogens is 235 g/mol. The van der Waals surface area contributed by atoms with Gasteiger partial charge in [-0.2, -0.15) is 0 Å². The van der Waals surface area contributed by atoms with Gasteiger partial charge in [0.25, 0.3) is 5.91 Å². The van der Waals surface area contributed by atoms with Crippen LogP contribution in [0, 0.1) is 11.2 Å². The minimum atomic E-state index is -0.732. The monoisotopic (exact) mass is 254 g/mol. The first-order chi connectivity index (χ1) is 8.37. The van der Waals surface area contributed by atoms with Crippen LogP contribution in [0.25, 0.3) is 0 Å². The summed E-state index contributed by atoms with van der Waals surface area (Å²) in [5, 5.41) is 12.1. The van der Waals surface area contributed by atoms with Crippen LogP contribution in [0.5, 0.6) is 5.75 Å². The van der Waals surface area contributed by atoms with Gasteiger partial charge in [0.15, 0.2) is 0 Å². The van der Waals surface area contributed by atoms with E-state index in [2.05, 4.69) is 5.32 Å². The predicted molar refractivity (Wildman–Crippen MR) is 67.9 cm³/mol. The second kappa shape index (κ2) is 5.82. The van der Waals surface area contributed by atoms with E-state index in [1.165, 1.54) is 12.1 Å². The van der Waals surface area contributed by atoms with Gasteiger partial charge in [-0.3, -0.25) is 4.79 Å². The molecule has 100 valence electrons. The van der Waals surface area contributed by atoms with Gasteiger partial charge in [0.1, 0.15) is 17.1 Å². The number of nitrogens with two attached hydrogens (primary N) is 1. The number of phenolic OH excluding ortho intramolecular Hbond substituents is 1. The lowest BCUT2D eigenvalue weighted by atomic mass is 9.89. The van der Waals surface area contributed by atoms with Crippen LogP contribution in [0.2, 0.25) is 0 Å². The van der Waals surface area contributed by atoms with Gasteiger partial charge in [-0.05, 0) is 30.5 Å². The molecule has 0 bridgehead atoms. The van der Waals surface area contributed by atoms with Crippen LogP contribution in [-0.2, 0) is 0 Å². The summed E-state index contributed by atoms with van der Waals surface area (Å²) in [6.45, 7) is 4.81. The molecule has 0 aromatic heterocycles. The molecule has 1 aromatic rings. The molecule has 0 aliphatic rings. The number of hydrogen-bond donors (Lipinski definition) is 3. The van der Waals surface area contributed by atoms with Gasteiger partial charge in [-0.1, -0.05) is 19.9 Å². The molecule has 0 heterocycles. The molecule has 0 aliphatic carbocycles. The van der Waals surface area contributed by atoms with Gasteiger partial charge < -0.3 is 16.2 Å². The number of carbonyl (C=O) groups is 1. The van der Waals surface area contributed by atoms with Crippen molar-refractivity contribution in [3.63, 3.8) is 0 Å². The molecule has 0 saturated heterocycles. The van der Waals surface area contributed by atoms with E-state index in [1.807, 2.05) is 13.8 Å². The lowest BCUT2D eigenvalue weighted by molar-refractivity contribution is 0.0928. The summed E-state index contributed by atoms with van der Waals surface area (Å²) in [6, 6.07) is 3.77. The predicted octanol–water partition coefficient (Wildman–Crippen LogP) is 1.64. The number of nitrogens with one attached hydrogen (secondary N) is 1. The third-order valence-corrected chi connectivity index (χ3v) is 2.77. The van der Waals surface area contributed by atoms with E-state index in [9.17, 15) is 14.3 Å². The summed E-state index contributed by atoms with van der Waals surface area (Å²) in [7, 11) is 0. The van der Waals surface area contributed by atoms with Crippen molar-refractivity contribution < 1.29 is 14.3 Å². The Balaban J connectivity index is 2.72. The average molecular weight is 254 g/mol. The summed E-state index contributed by atoms with van der Waals surface area (Å²) in [6.07, 6.45) is 0.747. The Labute approximate surface area is 106 Å². The Morgan fingerprint density at radius 2 is 2.17 bits per heavy atom. The van der Waals surface area contributed by atoms with Crippen molar-refractivity contribution >= 4 is 5.91 Å². The molecular formula is C13H19FN2O2. The Morgan fingerprint density at radius 1 is 1.50 bits per heavy atom. The molecule has 0 atom stereocenters. The van der Waals surface area contributed by atoms with Crippen molar-refractivity contribution in [2.75, 3.05) is 13.1 Å². The van der Waals surface area contributed by atoms with Crippen LogP contribution < -0.4 is 11.1 Å². The standard InChI is InChI=1S/C13H19FN2O2/c1-13(2,6-7-15)8-16-12(18)11-9(14)4-3-5-10(11)17/h3-5,17H,6-8,15H2,1-2H3,(H,16,18). The topological polar surface area (TPSA) is 75.3 Å². The lowest BCUT2D eigenvalue weighted by Gasteiger charge is -2.24. The number of hydrogen-bond acceptors (Lipinski definition) is 3. The molecule has 4 N–H and O–H groups in total. The molecule has 0 unspecified atom stereocenters. The quantitative estimate of drug-likeness (QED) is 0.747. The lowest BCUT2D eigenvalue weighted by Crippen LogP contribution is -2.35. The van der Waals surface area contributed by atoms with Gasteiger partial charge in [0.2, 0.25) is 0 Å². The molecule has 5 heteroatoms. The number of halogens is 1.